The summed E-state index contributed by atoms with van der Waals surface area (Å²) in [6, 6.07) is 6.83. The molecule has 0 spiro atoms. The minimum atomic E-state index is -0.415. The largest absolute Gasteiger partial charge is 0.224 e. The van der Waals surface area contributed by atoms with E-state index >= 15 is 0 Å². The van der Waals surface area contributed by atoms with E-state index in [1.165, 1.54) is 17.4 Å². The van der Waals surface area contributed by atoms with Crippen LogP contribution in [0, 0.1) is 5.82 Å². The van der Waals surface area contributed by atoms with Crippen LogP contribution in [0.25, 0.3) is 21.6 Å². The molecule has 2 heterocycles. The van der Waals surface area contributed by atoms with Crippen molar-refractivity contribution in [3.63, 3.8) is 0 Å². The molecule has 0 amide bonds. The number of nitrogens with zero attached hydrogens (tertiary/aromatic N) is 2. The molecule has 0 unspecified atom stereocenters. The van der Waals surface area contributed by atoms with Crippen LogP contribution in [0.3, 0.4) is 0 Å². The van der Waals surface area contributed by atoms with Crippen LogP contribution < -0.4 is 0 Å². The Balaban J connectivity index is 2.34. The Kier molecular flexibility index (Phi) is 3.05. The van der Waals surface area contributed by atoms with E-state index < -0.39 is 5.82 Å². The molecule has 6 heteroatoms. The summed E-state index contributed by atoms with van der Waals surface area (Å²) < 4.78 is 14.5. The molecule has 0 radical (unpaired) electrons. The summed E-state index contributed by atoms with van der Waals surface area (Å²) in [5.74, 6) is 0.0326. The molecule has 0 aliphatic heterocycles. The van der Waals surface area contributed by atoms with Gasteiger partial charge in [0.2, 0.25) is 0 Å². The second kappa shape index (κ2) is 4.57. The fraction of sp³-hybridized carbons (Fsp3) is 0. The highest BCUT2D eigenvalue weighted by molar-refractivity contribution is 9.10. The number of aromatic nitrogens is 2. The van der Waals surface area contributed by atoms with Crippen LogP contribution in [0.2, 0.25) is 5.15 Å². The first-order valence-electron chi connectivity index (χ1n) is 5.01. The molecule has 18 heavy (non-hydrogen) atoms. The molecule has 0 aliphatic rings. The van der Waals surface area contributed by atoms with Gasteiger partial charge in [-0.25, -0.2) is 14.4 Å². The van der Waals surface area contributed by atoms with Crippen molar-refractivity contribution >= 4 is 49.8 Å². The van der Waals surface area contributed by atoms with Crippen molar-refractivity contribution in [2.45, 2.75) is 0 Å². The molecule has 0 saturated heterocycles. The molecule has 90 valence electrons. The molecule has 0 fully saturated rings. The maximum Gasteiger partial charge on any atom is 0.171 e. The van der Waals surface area contributed by atoms with Crippen LogP contribution in [0.5, 0.6) is 0 Å². The van der Waals surface area contributed by atoms with E-state index in [1.807, 2.05) is 17.5 Å². The molecule has 3 aromatic rings. The molecular formula is C12H5BrClFN2S. The van der Waals surface area contributed by atoms with Crippen molar-refractivity contribution in [1.29, 1.82) is 0 Å². The fourth-order valence-electron chi connectivity index (χ4n) is 1.64. The molecule has 0 aliphatic carbocycles. The smallest absolute Gasteiger partial charge is 0.171 e. The first-order valence-corrected chi connectivity index (χ1v) is 7.06. The van der Waals surface area contributed by atoms with E-state index in [1.54, 1.807) is 6.07 Å². The highest BCUT2D eigenvalue weighted by Crippen LogP contribution is 2.30. The number of benzene rings is 1. The third-order valence-corrected chi connectivity index (χ3v) is 4.03. The van der Waals surface area contributed by atoms with Crippen LogP contribution >= 0.6 is 38.9 Å². The summed E-state index contributed by atoms with van der Waals surface area (Å²) in [5, 5.41) is 2.67. The number of rotatable bonds is 1. The number of hydrogen-bond acceptors (Lipinski definition) is 3. The van der Waals surface area contributed by atoms with Gasteiger partial charge in [0, 0.05) is 9.86 Å². The zero-order valence-corrected chi connectivity index (χ0v) is 12.0. The quantitative estimate of drug-likeness (QED) is 0.587. The predicted molar refractivity (Wildman–Crippen MR) is 75.5 cm³/mol. The van der Waals surface area contributed by atoms with E-state index in [-0.39, 0.29) is 10.7 Å². The van der Waals surface area contributed by atoms with Gasteiger partial charge in [0.15, 0.2) is 11.6 Å². The Morgan fingerprint density at radius 2 is 2.11 bits per heavy atom. The van der Waals surface area contributed by atoms with E-state index in [2.05, 4.69) is 25.9 Å². The molecule has 3 rings (SSSR count). The Labute approximate surface area is 120 Å². The summed E-state index contributed by atoms with van der Waals surface area (Å²) >= 11 is 10.8. The third-order valence-electron chi connectivity index (χ3n) is 2.41. The normalized spacial score (nSPS) is 11.1. The van der Waals surface area contributed by atoms with Gasteiger partial charge in [-0.3, -0.25) is 0 Å². The highest BCUT2D eigenvalue weighted by Gasteiger charge is 2.12. The number of thiophene rings is 1. The molecule has 1 aromatic carbocycles. The summed E-state index contributed by atoms with van der Waals surface area (Å²) in [4.78, 5) is 9.30. The minimum Gasteiger partial charge on any atom is -0.224 e. The molecule has 0 N–H and O–H groups in total. The van der Waals surface area contributed by atoms with Gasteiger partial charge in [0.25, 0.3) is 0 Å². The third kappa shape index (κ3) is 2.02. The standard InChI is InChI=1S/C12H5BrClFN2S/c13-6-4-7-10(8(15)5-6)16-12(17-11(7)14)9-2-1-3-18-9/h1-5H. The molecule has 2 nitrogen and oxygen atoms in total. The lowest BCUT2D eigenvalue weighted by Gasteiger charge is -2.04. The molecule has 0 atom stereocenters. The van der Waals surface area contributed by atoms with Gasteiger partial charge < -0.3 is 0 Å². The van der Waals surface area contributed by atoms with E-state index in [0.717, 1.165) is 4.88 Å². The summed E-state index contributed by atoms with van der Waals surface area (Å²) in [5.41, 5.74) is 0.238. The van der Waals surface area contributed by atoms with Crippen molar-refractivity contribution in [2.75, 3.05) is 0 Å². The van der Waals surface area contributed by atoms with Crippen LogP contribution in [-0.2, 0) is 0 Å². The fourth-order valence-corrected chi connectivity index (χ4v) is 2.95. The Morgan fingerprint density at radius 3 is 2.83 bits per heavy atom. The second-order valence-electron chi connectivity index (χ2n) is 3.60. The van der Waals surface area contributed by atoms with Crippen LogP contribution in [0.15, 0.2) is 34.1 Å². The van der Waals surface area contributed by atoms with Gasteiger partial charge in [-0.05, 0) is 23.6 Å². The van der Waals surface area contributed by atoms with E-state index in [4.69, 9.17) is 11.6 Å². The topological polar surface area (TPSA) is 25.8 Å². The maximum atomic E-state index is 13.9. The van der Waals surface area contributed by atoms with Gasteiger partial charge in [-0.2, -0.15) is 0 Å². The predicted octanol–water partition coefficient (Wildman–Crippen LogP) is 4.91. The maximum absolute atomic E-state index is 13.9. The zero-order chi connectivity index (χ0) is 12.7. The number of hydrogen-bond donors (Lipinski definition) is 0. The monoisotopic (exact) mass is 342 g/mol. The van der Waals surface area contributed by atoms with Crippen LogP contribution in [0.4, 0.5) is 4.39 Å². The zero-order valence-electron chi connectivity index (χ0n) is 8.82. The van der Waals surface area contributed by atoms with Gasteiger partial charge in [-0.1, -0.05) is 33.6 Å². The SMILES string of the molecule is Fc1cc(Br)cc2c(Cl)nc(-c3cccs3)nc12. The van der Waals surface area contributed by atoms with Gasteiger partial charge in [-0.15, -0.1) is 11.3 Å². The Hall–Kier alpha value is -1.04. The summed E-state index contributed by atoms with van der Waals surface area (Å²) in [6.07, 6.45) is 0. The van der Waals surface area contributed by atoms with Crippen LogP contribution in [0.1, 0.15) is 0 Å². The number of halogens is 3. The van der Waals surface area contributed by atoms with Crippen molar-refractivity contribution < 1.29 is 4.39 Å². The van der Waals surface area contributed by atoms with Crippen molar-refractivity contribution in [1.82, 2.24) is 9.97 Å². The average Bonchev–Trinajstić information content (AvgIpc) is 2.83. The first kappa shape index (κ1) is 12.0. The van der Waals surface area contributed by atoms with Gasteiger partial charge in [0.05, 0.1) is 4.88 Å². The van der Waals surface area contributed by atoms with Crippen molar-refractivity contribution in [3.05, 3.63) is 45.1 Å². The van der Waals surface area contributed by atoms with Crippen molar-refractivity contribution in [3.8, 4) is 10.7 Å². The van der Waals surface area contributed by atoms with E-state index in [9.17, 15) is 4.39 Å². The first-order chi connectivity index (χ1) is 8.65. The average molecular weight is 344 g/mol. The number of fused-ring (bicyclic) bond motifs is 1. The summed E-state index contributed by atoms with van der Waals surface area (Å²) in [7, 11) is 0. The van der Waals surface area contributed by atoms with E-state index in [0.29, 0.717) is 15.7 Å². The summed E-state index contributed by atoms with van der Waals surface area (Å²) in [6.45, 7) is 0. The lowest BCUT2D eigenvalue weighted by molar-refractivity contribution is 0.636. The van der Waals surface area contributed by atoms with Gasteiger partial charge >= 0.3 is 0 Å². The minimum absolute atomic E-state index is 0.238. The van der Waals surface area contributed by atoms with Gasteiger partial charge in [0.1, 0.15) is 10.7 Å². The molecular weight excluding hydrogens is 339 g/mol. The van der Waals surface area contributed by atoms with Crippen molar-refractivity contribution in [2.24, 2.45) is 0 Å². The second-order valence-corrected chi connectivity index (χ2v) is 5.82. The Morgan fingerprint density at radius 1 is 1.28 bits per heavy atom. The molecule has 0 saturated carbocycles. The Bertz CT molecular complexity index is 731. The highest BCUT2D eigenvalue weighted by atomic mass is 79.9. The van der Waals surface area contributed by atoms with Crippen LogP contribution in [-0.4, -0.2) is 9.97 Å². The molecule has 0 bridgehead atoms. The molecule has 2 aromatic heterocycles. The lowest BCUT2D eigenvalue weighted by Crippen LogP contribution is -1.93. The lowest BCUT2D eigenvalue weighted by atomic mass is 10.2.